The summed E-state index contributed by atoms with van der Waals surface area (Å²) < 4.78 is 10.5. The Hall–Kier alpha value is -2.77. The SMILES string of the molecule is CCCN(CC(=O)Nc1ccccc1OC)CC(=O)Nc1cc(Cl)ccc1OC. The van der Waals surface area contributed by atoms with Crippen molar-refractivity contribution in [2.24, 2.45) is 0 Å². The first kappa shape index (κ1) is 22.5. The Bertz CT molecular complexity index is 844. The van der Waals surface area contributed by atoms with E-state index in [1.54, 1.807) is 42.3 Å². The van der Waals surface area contributed by atoms with Gasteiger partial charge in [0.25, 0.3) is 0 Å². The smallest absolute Gasteiger partial charge is 0.238 e. The Labute approximate surface area is 175 Å². The molecule has 0 heterocycles. The number of nitrogens with zero attached hydrogens (tertiary/aromatic N) is 1. The Balaban J connectivity index is 1.99. The van der Waals surface area contributed by atoms with Crippen LogP contribution >= 0.6 is 11.6 Å². The minimum absolute atomic E-state index is 0.0584. The lowest BCUT2D eigenvalue weighted by molar-refractivity contribution is -0.120. The largest absolute Gasteiger partial charge is 0.495 e. The van der Waals surface area contributed by atoms with Gasteiger partial charge in [0, 0.05) is 5.02 Å². The van der Waals surface area contributed by atoms with Crippen molar-refractivity contribution in [2.45, 2.75) is 13.3 Å². The second kappa shape index (κ2) is 11.3. The number of amides is 2. The first-order valence-corrected chi connectivity index (χ1v) is 9.63. The summed E-state index contributed by atoms with van der Waals surface area (Å²) in [6.45, 7) is 2.72. The number of anilines is 2. The van der Waals surface area contributed by atoms with Gasteiger partial charge in [0.2, 0.25) is 11.8 Å². The maximum atomic E-state index is 12.5. The number of carbonyl (C=O) groups excluding carboxylic acids is 2. The number of carbonyl (C=O) groups is 2. The van der Waals surface area contributed by atoms with E-state index in [2.05, 4.69) is 10.6 Å². The predicted molar refractivity (Wildman–Crippen MR) is 115 cm³/mol. The fraction of sp³-hybridized carbons (Fsp3) is 0.333. The number of ether oxygens (including phenoxy) is 2. The average Bonchev–Trinajstić information content (AvgIpc) is 2.68. The molecule has 0 radical (unpaired) electrons. The number of hydrogen-bond acceptors (Lipinski definition) is 5. The van der Waals surface area contributed by atoms with Crippen molar-refractivity contribution < 1.29 is 19.1 Å². The van der Waals surface area contributed by atoms with Gasteiger partial charge < -0.3 is 20.1 Å². The van der Waals surface area contributed by atoms with Gasteiger partial charge in [-0.15, -0.1) is 0 Å². The van der Waals surface area contributed by atoms with Crippen LogP contribution in [-0.4, -0.2) is 50.6 Å². The van der Waals surface area contributed by atoms with E-state index < -0.39 is 0 Å². The zero-order chi connectivity index (χ0) is 21.2. The van der Waals surface area contributed by atoms with Crippen molar-refractivity contribution in [1.29, 1.82) is 0 Å². The van der Waals surface area contributed by atoms with Crippen LogP contribution < -0.4 is 20.1 Å². The monoisotopic (exact) mass is 419 g/mol. The van der Waals surface area contributed by atoms with Crippen LogP contribution in [0.2, 0.25) is 5.02 Å². The third-order valence-electron chi connectivity index (χ3n) is 4.09. The number of halogens is 1. The summed E-state index contributed by atoms with van der Waals surface area (Å²) in [6, 6.07) is 12.2. The lowest BCUT2D eigenvalue weighted by atomic mass is 10.2. The van der Waals surface area contributed by atoms with Gasteiger partial charge in [-0.1, -0.05) is 30.7 Å². The summed E-state index contributed by atoms with van der Waals surface area (Å²) in [6.07, 6.45) is 0.801. The molecule has 0 atom stereocenters. The minimum Gasteiger partial charge on any atom is -0.495 e. The number of methoxy groups -OCH3 is 2. The Morgan fingerprint density at radius 1 is 0.931 bits per heavy atom. The van der Waals surface area contributed by atoms with E-state index in [0.717, 1.165) is 6.42 Å². The molecule has 2 aromatic rings. The van der Waals surface area contributed by atoms with Crippen LogP contribution in [0.25, 0.3) is 0 Å². The van der Waals surface area contributed by atoms with Gasteiger partial charge in [0.15, 0.2) is 0 Å². The first-order chi connectivity index (χ1) is 14.0. The van der Waals surface area contributed by atoms with E-state index in [1.165, 1.54) is 7.11 Å². The zero-order valence-electron chi connectivity index (χ0n) is 16.8. The van der Waals surface area contributed by atoms with Gasteiger partial charge in [-0.3, -0.25) is 14.5 Å². The summed E-state index contributed by atoms with van der Waals surface area (Å²) in [5.41, 5.74) is 1.07. The Morgan fingerprint density at radius 2 is 1.52 bits per heavy atom. The standard InChI is InChI=1S/C21H26ClN3O4/c1-4-11-25(13-20(26)23-16-7-5-6-8-18(16)28-2)14-21(27)24-17-12-15(22)9-10-19(17)29-3/h5-10,12H,4,11,13-14H2,1-3H3,(H,23,26)(H,24,27). The molecule has 0 aliphatic heterocycles. The Kier molecular flexibility index (Phi) is 8.76. The van der Waals surface area contributed by atoms with E-state index in [1.807, 2.05) is 19.1 Å². The third kappa shape index (κ3) is 6.96. The van der Waals surface area contributed by atoms with Crippen molar-refractivity contribution >= 4 is 34.8 Å². The average molecular weight is 420 g/mol. The molecule has 0 aliphatic rings. The fourth-order valence-electron chi connectivity index (χ4n) is 2.84. The maximum absolute atomic E-state index is 12.5. The third-order valence-corrected chi connectivity index (χ3v) is 4.33. The quantitative estimate of drug-likeness (QED) is 0.614. The van der Waals surface area contributed by atoms with Crippen LogP contribution in [0.1, 0.15) is 13.3 Å². The molecule has 0 unspecified atom stereocenters. The molecule has 8 heteroatoms. The molecule has 7 nitrogen and oxygen atoms in total. The summed E-state index contributed by atoms with van der Waals surface area (Å²) in [5, 5.41) is 6.10. The topological polar surface area (TPSA) is 79.9 Å². The highest BCUT2D eigenvalue weighted by atomic mass is 35.5. The second-order valence-corrected chi connectivity index (χ2v) is 6.79. The summed E-state index contributed by atoms with van der Waals surface area (Å²) in [7, 11) is 3.06. The molecule has 2 aromatic carbocycles. The number of hydrogen-bond donors (Lipinski definition) is 2. The van der Waals surface area contributed by atoms with E-state index in [0.29, 0.717) is 34.4 Å². The number of para-hydroxylation sites is 2. The van der Waals surface area contributed by atoms with Crippen molar-refractivity contribution in [1.82, 2.24) is 4.90 Å². The van der Waals surface area contributed by atoms with Gasteiger partial charge in [-0.25, -0.2) is 0 Å². The van der Waals surface area contributed by atoms with Gasteiger partial charge in [-0.05, 0) is 43.3 Å². The molecule has 0 bridgehead atoms. The van der Waals surface area contributed by atoms with Crippen molar-refractivity contribution in [3.8, 4) is 11.5 Å². The lowest BCUT2D eigenvalue weighted by Gasteiger charge is -2.21. The fourth-order valence-corrected chi connectivity index (χ4v) is 3.01. The molecule has 0 aromatic heterocycles. The van der Waals surface area contributed by atoms with Crippen LogP contribution in [0, 0.1) is 0 Å². The molecule has 0 fully saturated rings. The number of benzene rings is 2. The van der Waals surface area contributed by atoms with Crippen molar-refractivity contribution in [3.05, 3.63) is 47.5 Å². The molecule has 156 valence electrons. The summed E-state index contributed by atoms with van der Waals surface area (Å²) in [4.78, 5) is 26.8. The van der Waals surface area contributed by atoms with E-state index in [4.69, 9.17) is 21.1 Å². The van der Waals surface area contributed by atoms with Crippen molar-refractivity contribution in [2.75, 3.05) is 44.5 Å². The molecule has 2 N–H and O–H groups in total. The summed E-state index contributed by atoms with van der Waals surface area (Å²) in [5.74, 6) is 0.604. The van der Waals surface area contributed by atoms with E-state index in [9.17, 15) is 9.59 Å². The number of nitrogens with one attached hydrogen (secondary N) is 2. The molecule has 0 aliphatic carbocycles. The van der Waals surface area contributed by atoms with E-state index in [-0.39, 0.29) is 24.9 Å². The van der Waals surface area contributed by atoms with Crippen LogP contribution in [0.15, 0.2) is 42.5 Å². The van der Waals surface area contributed by atoms with Gasteiger partial charge in [0.1, 0.15) is 11.5 Å². The highest BCUT2D eigenvalue weighted by Crippen LogP contribution is 2.27. The molecule has 29 heavy (non-hydrogen) atoms. The highest BCUT2D eigenvalue weighted by molar-refractivity contribution is 6.31. The van der Waals surface area contributed by atoms with Crippen LogP contribution in [0.4, 0.5) is 11.4 Å². The van der Waals surface area contributed by atoms with Crippen LogP contribution in [0.3, 0.4) is 0 Å². The molecule has 0 spiro atoms. The molecule has 0 saturated heterocycles. The minimum atomic E-state index is -0.260. The van der Waals surface area contributed by atoms with Crippen LogP contribution in [-0.2, 0) is 9.59 Å². The normalized spacial score (nSPS) is 10.5. The zero-order valence-corrected chi connectivity index (χ0v) is 17.6. The van der Waals surface area contributed by atoms with E-state index >= 15 is 0 Å². The Morgan fingerprint density at radius 3 is 2.14 bits per heavy atom. The van der Waals surface area contributed by atoms with Gasteiger partial charge in [0.05, 0.1) is 38.7 Å². The van der Waals surface area contributed by atoms with Gasteiger partial charge in [-0.2, -0.15) is 0 Å². The second-order valence-electron chi connectivity index (χ2n) is 6.35. The number of rotatable bonds is 10. The molecule has 2 amide bonds. The lowest BCUT2D eigenvalue weighted by Crippen LogP contribution is -2.39. The maximum Gasteiger partial charge on any atom is 0.238 e. The molecular formula is C21H26ClN3O4. The van der Waals surface area contributed by atoms with Crippen LogP contribution in [0.5, 0.6) is 11.5 Å². The van der Waals surface area contributed by atoms with Crippen molar-refractivity contribution in [3.63, 3.8) is 0 Å². The molecule has 0 saturated carbocycles. The molecular weight excluding hydrogens is 394 g/mol. The van der Waals surface area contributed by atoms with Gasteiger partial charge >= 0.3 is 0 Å². The predicted octanol–water partition coefficient (Wildman–Crippen LogP) is 3.65. The highest BCUT2D eigenvalue weighted by Gasteiger charge is 2.16. The summed E-state index contributed by atoms with van der Waals surface area (Å²) >= 11 is 6.00. The first-order valence-electron chi connectivity index (χ1n) is 9.25. The molecule has 2 rings (SSSR count).